The molecule has 2 aromatic carbocycles. The maximum absolute atomic E-state index is 12.9. The monoisotopic (exact) mass is 592 g/mol. The highest BCUT2D eigenvalue weighted by molar-refractivity contribution is 7.86. The van der Waals surface area contributed by atoms with Crippen molar-refractivity contribution in [1.29, 1.82) is 0 Å². The predicted octanol–water partition coefficient (Wildman–Crippen LogP) is 4.48. The molecule has 1 aliphatic heterocycles. The number of hydrogen-bond donors (Lipinski definition) is 2. The molecule has 0 atom stereocenters. The van der Waals surface area contributed by atoms with E-state index < -0.39 is 15.6 Å². The van der Waals surface area contributed by atoms with Crippen LogP contribution in [0.5, 0.6) is 0 Å². The van der Waals surface area contributed by atoms with Gasteiger partial charge in [0.2, 0.25) is 5.36 Å². The third kappa shape index (κ3) is 7.06. The number of halogens is 3. The molecule has 0 saturated carbocycles. The molecule has 0 saturated heterocycles. The van der Waals surface area contributed by atoms with E-state index >= 15 is 0 Å². The molecule has 1 heterocycles. The van der Waals surface area contributed by atoms with Crippen LogP contribution in [-0.4, -0.2) is 44.1 Å². The number of carbonyl (C=O) groups excluding carboxylic acids is 1. The van der Waals surface area contributed by atoms with Crippen LogP contribution in [0.2, 0.25) is 0 Å². The molecule has 0 fully saturated rings. The fourth-order valence-corrected chi connectivity index (χ4v) is 4.34. The second-order valence-electron chi connectivity index (χ2n) is 9.03. The molecule has 2 N–H and O–H groups in total. The first-order chi connectivity index (χ1) is 19.2. The maximum Gasteiger partial charge on any atom is 0.485 e. The Balaban J connectivity index is 0.000000507. The molecule has 1 aliphatic carbocycles. The summed E-state index contributed by atoms with van der Waals surface area (Å²) >= 11 is 0. The average molecular weight is 593 g/mol. The van der Waals surface area contributed by atoms with E-state index in [1.165, 1.54) is 0 Å². The Labute approximate surface area is 236 Å². The molecular weight excluding hydrogens is 561 g/mol. The van der Waals surface area contributed by atoms with Crippen LogP contribution in [0.15, 0.2) is 52.9 Å². The number of rotatable bonds is 6. The number of fused-ring (bicyclic) bond motifs is 2. The van der Waals surface area contributed by atoms with Crippen molar-refractivity contribution in [2.75, 3.05) is 25.0 Å². The van der Waals surface area contributed by atoms with Crippen LogP contribution < -0.4 is 15.7 Å². The van der Waals surface area contributed by atoms with Crippen molar-refractivity contribution in [3.8, 4) is 22.5 Å². The van der Waals surface area contributed by atoms with E-state index in [2.05, 4.69) is 62.3 Å². The molecule has 0 bridgehead atoms. The van der Waals surface area contributed by atoms with Gasteiger partial charge in [0.1, 0.15) is 17.9 Å². The lowest BCUT2D eigenvalue weighted by molar-refractivity contribution is -0.496. The first-order valence-electron chi connectivity index (χ1n) is 12.8. The summed E-state index contributed by atoms with van der Waals surface area (Å²) in [4.78, 5) is 16.3. The summed E-state index contributed by atoms with van der Waals surface area (Å²) in [7, 11) is -6.09. The lowest BCUT2D eigenvalue weighted by Gasteiger charge is -2.19. The van der Waals surface area contributed by atoms with Gasteiger partial charge < -0.3 is 19.0 Å². The Kier molecular flexibility index (Phi) is 9.82. The van der Waals surface area contributed by atoms with E-state index in [4.69, 9.17) is 22.1 Å². The highest BCUT2D eigenvalue weighted by atomic mass is 32.2. The number of esters is 1. The molecule has 12 heteroatoms. The standard InChI is InChI=1S/C28H30N2O3.CHF3O3S/c1-6-29-23-15-25-21(13-17(23)4)27(19-11-9-10-12-20(19)28(31)32-8-3)22-14-18(5)24(30-7-2)16-26(22)33-25;2-1(3,4)8(5,6)7/h9-16,29H,6-8H2,1-5H3;(H,5,6,7). The summed E-state index contributed by atoms with van der Waals surface area (Å²) in [6.07, 6.45) is 0. The van der Waals surface area contributed by atoms with Crippen LogP contribution in [0.3, 0.4) is 0 Å². The number of benzene rings is 3. The summed E-state index contributed by atoms with van der Waals surface area (Å²) in [6.45, 7) is 12.1. The van der Waals surface area contributed by atoms with Crippen molar-refractivity contribution in [2.24, 2.45) is 0 Å². The van der Waals surface area contributed by atoms with Crippen molar-refractivity contribution < 1.29 is 45.1 Å². The van der Waals surface area contributed by atoms with Gasteiger partial charge in [-0.1, -0.05) is 18.2 Å². The van der Waals surface area contributed by atoms with Gasteiger partial charge >= 0.3 is 11.5 Å². The van der Waals surface area contributed by atoms with Crippen molar-refractivity contribution in [3.05, 3.63) is 70.6 Å². The SMILES string of the molecule is CCNc1cc2oc3cc(=[NH+]CC)c(C)cc-3c(-c3ccccc3C(=O)OCC)c2cc1C.O=S(=O)([O-])C(F)(F)F. The molecule has 2 aromatic rings. The molecule has 0 unspecified atom stereocenters. The third-order valence-corrected chi connectivity index (χ3v) is 6.69. The van der Waals surface area contributed by atoms with E-state index in [0.29, 0.717) is 12.2 Å². The molecule has 8 nitrogen and oxygen atoms in total. The summed E-state index contributed by atoms with van der Waals surface area (Å²) in [5.41, 5.74) is 1.74. The topological polar surface area (TPSA) is 123 Å². The normalized spacial score (nSPS) is 12.3. The van der Waals surface area contributed by atoms with Gasteiger partial charge in [0.05, 0.1) is 18.2 Å². The smallest absolute Gasteiger partial charge is 0.485 e. The highest BCUT2D eigenvalue weighted by Crippen LogP contribution is 2.42. The second kappa shape index (κ2) is 12.7. The van der Waals surface area contributed by atoms with Gasteiger partial charge in [-0.3, -0.25) is 0 Å². The van der Waals surface area contributed by atoms with Crippen molar-refractivity contribution >= 4 is 32.7 Å². The second-order valence-corrected chi connectivity index (χ2v) is 10.4. The van der Waals surface area contributed by atoms with E-state index in [1.54, 1.807) is 0 Å². The fourth-order valence-electron chi connectivity index (χ4n) is 4.34. The Morgan fingerprint density at radius 3 is 2.27 bits per heavy atom. The Hall–Kier alpha value is -3.90. The molecule has 0 radical (unpaired) electrons. The summed E-state index contributed by atoms with van der Waals surface area (Å²) in [6, 6.07) is 16.0. The Bertz CT molecular complexity index is 1710. The molecule has 0 spiro atoms. The fraction of sp³-hybridized carbons (Fsp3) is 0.310. The summed E-state index contributed by atoms with van der Waals surface area (Å²) in [5, 5.41) is 5.42. The van der Waals surface area contributed by atoms with E-state index in [9.17, 15) is 18.0 Å². The predicted molar refractivity (Wildman–Crippen MR) is 148 cm³/mol. The minimum Gasteiger partial charge on any atom is -0.741 e. The maximum atomic E-state index is 12.9. The Morgan fingerprint density at radius 2 is 1.68 bits per heavy atom. The van der Waals surface area contributed by atoms with Gasteiger partial charge in [-0.05, 0) is 63.9 Å². The van der Waals surface area contributed by atoms with Gasteiger partial charge in [-0.25, -0.2) is 18.2 Å². The molecule has 220 valence electrons. The molecule has 0 amide bonds. The number of hydrogen-bond acceptors (Lipinski definition) is 7. The van der Waals surface area contributed by atoms with Gasteiger partial charge in [0, 0.05) is 40.4 Å². The molecule has 2 aliphatic rings. The van der Waals surface area contributed by atoms with Gasteiger partial charge in [0.15, 0.2) is 10.1 Å². The average Bonchev–Trinajstić information content (AvgIpc) is 2.88. The minimum absolute atomic E-state index is 0.322. The summed E-state index contributed by atoms with van der Waals surface area (Å²) < 4.78 is 70.7. The van der Waals surface area contributed by atoms with Crippen molar-refractivity contribution in [1.82, 2.24) is 0 Å². The molecule has 4 rings (SSSR count). The van der Waals surface area contributed by atoms with E-state index in [0.717, 1.165) is 68.7 Å². The number of ether oxygens (including phenoxy) is 1. The van der Waals surface area contributed by atoms with Crippen LogP contribution in [0, 0.1) is 13.8 Å². The van der Waals surface area contributed by atoms with E-state index in [1.807, 2.05) is 31.2 Å². The van der Waals surface area contributed by atoms with E-state index in [-0.39, 0.29) is 5.97 Å². The minimum atomic E-state index is -6.09. The first-order valence-corrected chi connectivity index (χ1v) is 14.2. The quantitative estimate of drug-likeness (QED) is 0.147. The first kappa shape index (κ1) is 31.6. The molecule has 41 heavy (non-hydrogen) atoms. The molecular formula is C29H31F3N2O6S. The number of carbonyl (C=O) groups is 1. The zero-order valence-corrected chi connectivity index (χ0v) is 24.0. The van der Waals surface area contributed by atoms with Crippen LogP contribution in [-0.2, 0) is 14.9 Å². The van der Waals surface area contributed by atoms with Crippen LogP contribution in [0.1, 0.15) is 42.3 Å². The number of alkyl halides is 3. The van der Waals surface area contributed by atoms with Crippen LogP contribution in [0.25, 0.3) is 33.4 Å². The Morgan fingerprint density at radius 1 is 1.02 bits per heavy atom. The van der Waals surface area contributed by atoms with Crippen LogP contribution >= 0.6 is 0 Å². The van der Waals surface area contributed by atoms with Crippen LogP contribution in [0.4, 0.5) is 18.9 Å². The lowest BCUT2D eigenvalue weighted by atomic mass is 9.89. The van der Waals surface area contributed by atoms with Gasteiger partial charge in [-0.2, -0.15) is 13.2 Å². The van der Waals surface area contributed by atoms with Crippen molar-refractivity contribution in [2.45, 2.75) is 40.1 Å². The number of aryl methyl sites for hydroxylation is 2. The number of anilines is 1. The van der Waals surface area contributed by atoms with Gasteiger partial charge in [0.25, 0.3) is 0 Å². The zero-order valence-electron chi connectivity index (χ0n) is 23.2. The number of nitrogens with one attached hydrogen (secondary N) is 2. The third-order valence-electron chi connectivity index (χ3n) is 6.12. The zero-order chi connectivity index (χ0) is 30.5. The summed E-state index contributed by atoms with van der Waals surface area (Å²) in [5.74, 6) is 0.446. The largest absolute Gasteiger partial charge is 0.741 e. The molecule has 0 aromatic heterocycles. The van der Waals surface area contributed by atoms with Gasteiger partial charge in [-0.15, -0.1) is 0 Å². The lowest BCUT2D eigenvalue weighted by Crippen LogP contribution is -2.76. The highest BCUT2D eigenvalue weighted by Gasteiger charge is 2.37. The van der Waals surface area contributed by atoms with Crippen molar-refractivity contribution in [3.63, 3.8) is 0 Å².